The molecule has 0 saturated carbocycles. The normalized spacial score (nSPS) is 10.3. The van der Waals surface area contributed by atoms with E-state index in [0.717, 1.165) is 14.5 Å². The van der Waals surface area contributed by atoms with Crippen molar-refractivity contribution in [3.05, 3.63) is 50.4 Å². The Labute approximate surface area is 139 Å². The Morgan fingerprint density at radius 1 is 1.24 bits per heavy atom. The number of nitrogen functional groups attached to an aromatic ring is 1. The van der Waals surface area contributed by atoms with E-state index in [1.807, 2.05) is 6.92 Å². The summed E-state index contributed by atoms with van der Waals surface area (Å²) < 4.78 is 6.70. The van der Waals surface area contributed by atoms with E-state index in [1.54, 1.807) is 37.4 Å². The van der Waals surface area contributed by atoms with Gasteiger partial charge in [-0.3, -0.25) is 4.79 Å². The summed E-state index contributed by atoms with van der Waals surface area (Å²) >= 11 is 6.73. The van der Waals surface area contributed by atoms with Crippen LogP contribution in [0.3, 0.4) is 0 Å². The molecule has 0 aliphatic heterocycles. The average molecular weight is 414 g/mol. The lowest BCUT2D eigenvalue weighted by molar-refractivity contribution is 0.102. The Morgan fingerprint density at radius 3 is 2.57 bits per heavy atom. The van der Waals surface area contributed by atoms with Crippen molar-refractivity contribution in [2.24, 2.45) is 0 Å². The van der Waals surface area contributed by atoms with Crippen LogP contribution in [0.4, 0.5) is 11.4 Å². The standard InChI is InChI=1S/C15H14Br2N2O2/c1-8-11(5-9(16)6-13(8)18)15(20)19-10-3-4-14(21-2)12(17)7-10/h3-7H,18H2,1-2H3,(H,19,20). The number of ether oxygens (including phenoxy) is 1. The van der Waals surface area contributed by atoms with E-state index in [4.69, 9.17) is 10.5 Å². The van der Waals surface area contributed by atoms with E-state index in [-0.39, 0.29) is 5.91 Å². The minimum Gasteiger partial charge on any atom is -0.496 e. The first kappa shape index (κ1) is 15.9. The number of hydrogen-bond acceptors (Lipinski definition) is 3. The van der Waals surface area contributed by atoms with Gasteiger partial charge in [0.05, 0.1) is 11.6 Å². The van der Waals surface area contributed by atoms with Crippen molar-refractivity contribution < 1.29 is 9.53 Å². The number of carbonyl (C=O) groups excluding carboxylic acids is 1. The van der Waals surface area contributed by atoms with E-state index in [2.05, 4.69) is 37.2 Å². The van der Waals surface area contributed by atoms with Crippen molar-refractivity contribution in [2.75, 3.05) is 18.2 Å². The Morgan fingerprint density at radius 2 is 1.95 bits per heavy atom. The van der Waals surface area contributed by atoms with Gasteiger partial charge < -0.3 is 15.8 Å². The van der Waals surface area contributed by atoms with E-state index < -0.39 is 0 Å². The maximum absolute atomic E-state index is 12.4. The van der Waals surface area contributed by atoms with Crippen LogP contribution in [0, 0.1) is 6.92 Å². The number of carbonyl (C=O) groups is 1. The Bertz CT molecular complexity index is 702. The predicted molar refractivity (Wildman–Crippen MR) is 91.9 cm³/mol. The summed E-state index contributed by atoms with van der Waals surface area (Å²) in [5.74, 6) is 0.494. The quantitative estimate of drug-likeness (QED) is 0.734. The van der Waals surface area contributed by atoms with Gasteiger partial charge in [0, 0.05) is 21.4 Å². The molecule has 0 bridgehead atoms. The number of nitrogens with two attached hydrogens (primary N) is 1. The molecule has 0 aromatic heterocycles. The van der Waals surface area contributed by atoms with Crippen LogP contribution in [-0.2, 0) is 0 Å². The first-order chi connectivity index (χ1) is 9.92. The molecule has 0 spiro atoms. The zero-order valence-corrected chi connectivity index (χ0v) is 14.7. The molecule has 0 aliphatic carbocycles. The van der Waals surface area contributed by atoms with Crippen molar-refractivity contribution in [3.63, 3.8) is 0 Å². The molecular formula is C15H14Br2N2O2. The van der Waals surface area contributed by atoms with Gasteiger partial charge in [-0.15, -0.1) is 0 Å². The van der Waals surface area contributed by atoms with Gasteiger partial charge in [-0.2, -0.15) is 0 Å². The molecule has 4 nitrogen and oxygen atoms in total. The maximum Gasteiger partial charge on any atom is 0.256 e. The first-order valence-corrected chi connectivity index (χ1v) is 7.71. The van der Waals surface area contributed by atoms with E-state index in [1.165, 1.54) is 0 Å². The third-order valence-corrected chi connectivity index (χ3v) is 4.14. The van der Waals surface area contributed by atoms with Gasteiger partial charge in [0.1, 0.15) is 5.75 Å². The second kappa shape index (κ2) is 6.49. The minimum absolute atomic E-state index is 0.211. The molecule has 1 amide bonds. The summed E-state index contributed by atoms with van der Waals surface area (Å²) in [5, 5.41) is 2.84. The van der Waals surface area contributed by atoms with Crippen LogP contribution >= 0.6 is 31.9 Å². The van der Waals surface area contributed by atoms with Crippen molar-refractivity contribution in [3.8, 4) is 5.75 Å². The second-order valence-electron chi connectivity index (χ2n) is 4.47. The Balaban J connectivity index is 2.28. The lowest BCUT2D eigenvalue weighted by atomic mass is 10.1. The molecule has 0 atom stereocenters. The van der Waals surface area contributed by atoms with Gasteiger partial charge >= 0.3 is 0 Å². The average Bonchev–Trinajstić information content (AvgIpc) is 2.43. The highest BCUT2D eigenvalue weighted by Crippen LogP contribution is 2.29. The molecule has 0 saturated heterocycles. The number of anilines is 2. The van der Waals surface area contributed by atoms with Crippen LogP contribution in [-0.4, -0.2) is 13.0 Å². The smallest absolute Gasteiger partial charge is 0.256 e. The molecule has 2 aromatic carbocycles. The fourth-order valence-electron chi connectivity index (χ4n) is 1.88. The zero-order valence-electron chi connectivity index (χ0n) is 11.5. The summed E-state index contributed by atoms with van der Waals surface area (Å²) in [7, 11) is 1.59. The highest BCUT2D eigenvalue weighted by atomic mass is 79.9. The van der Waals surface area contributed by atoms with Crippen LogP contribution in [0.25, 0.3) is 0 Å². The molecule has 2 rings (SSSR count). The fraction of sp³-hybridized carbons (Fsp3) is 0.133. The first-order valence-electron chi connectivity index (χ1n) is 6.13. The molecule has 0 aliphatic rings. The van der Waals surface area contributed by atoms with Gasteiger partial charge in [0.2, 0.25) is 0 Å². The Hall–Kier alpha value is -1.53. The number of benzene rings is 2. The highest BCUT2D eigenvalue weighted by molar-refractivity contribution is 9.10. The molecule has 21 heavy (non-hydrogen) atoms. The molecule has 6 heteroatoms. The summed E-state index contributed by atoms with van der Waals surface area (Å²) in [4.78, 5) is 12.4. The number of hydrogen-bond donors (Lipinski definition) is 2. The fourth-order valence-corrected chi connectivity index (χ4v) is 2.89. The van der Waals surface area contributed by atoms with E-state index >= 15 is 0 Å². The second-order valence-corrected chi connectivity index (χ2v) is 6.24. The van der Waals surface area contributed by atoms with Crippen LogP contribution < -0.4 is 15.8 Å². The third-order valence-electron chi connectivity index (χ3n) is 3.07. The third kappa shape index (κ3) is 3.57. The van der Waals surface area contributed by atoms with Crippen molar-refractivity contribution in [1.29, 1.82) is 0 Å². The van der Waals surface area contributed by atoms with Crippen LogP contribution in [0.5, 0.6) is 5.75 Å². The molecule has 0 heterocycles. The molecule has 0 fully saturated rings. The van der Waals surface area contributed by atoms with Crippen molar-refractivity contribution in [2.45, 2.75) is 6.92 Å². The van der Waals surface area contributed by atoms with Crippen LogP contribution in [0.15, 0.2) is 39.3 Å². The van der Waals surface area contributed by atoms with Gasteiger partial charge in [0.15, 0.2) is 0 Å². The monoisotopic (exact) mass is 412 g/mol. The molecule has 2 aromatic rings. The zero-order chi connectivity index (χ0) is 15.6. The molecule has 0 radical (unpaired) electrons. The lowest BCUT2D eigenvalue weighted by Gasteiger charge is -2.11. The molecule has 0 unspecified atom stereocenters. The highest BCUT2D eigenvalue weighted by Gasteiger charge is 2.13. The largest absolute Gasteiger partial charge is 0.496 e. The predicted octanol–water partition coefficient (Wildman–Crippen LogP) is 4.36. The minimum atomic E-state index is -0.211. The number of methoxy groups -OCH3 is 1. The molecule has 3 N–H and O–H groups in total. The summed E-state index contributed by atoms with van der Waals surface area (Å²) in [5.41, 5.74) is 8.42. The van der Waals surface area contributed by atoms with E-state index in [0.29, 0.717) is 22.7 Å². The number of amides is 1. The van der Waals surface area contributed by atoms with Crippen molar-refractivity contribution in [1.82, 2.24) is 0 Å². The Kier molecular flexibility index (Phi) is 4.90. The molecule has 110 valence electrons. The summed E-state index contributed by atoms with van der Waals surface area (Å²) in [6.07, 6.45) is 0. The lowest BCUT2D eigenvalue weighted by Crippen LogP contribution is -2.14. The SMILES string of the molecule is COc1ccc(NC(=O)c2cc(Br)cc(N)c2C)cc1Br. The van der Waals surface area contributed by atoms with Gasteiger partial charge in [-0.25, -0.2) is 0 Å². The van der Waals surface area contributed by atoms with Crippen molar-refractivity contribution >= 4 is 49.1 Å². The topological polar surface area (TPSA) is 64.3 Å². The maximum atomic E-state index is 12.4. The molecular weight excluding hydrogens is 400 g/mol. The van der Waals surface area contributed by atoms with Gasteiger partial charge in [-0.1, -0.05) is 15.9 Å². The summed E-state index contributed by atoms with van der Waals surface area (Å²) in [6, 6.07) is 8.86. The van der Waals surface area contributed by atoms with Crippen LogP contribution in [0.1, 0.15) is 15.9 Å². The van der Waals surface area contributed by atoms with Gasteiger partial charge in [-0.05, 0) is 58.7 Å². The number of rotatable bonds is 3. The number of nitrogens with one attached hydrogen (secondary N) is 1. The van der Waals surface area contributed by atoms with Gasteiger partial charge in [0.25, 0.3) is 5.91 Å². The van der Waals surface area contributed by atoms with E-state index in [9.17, 15) is 4.79 Å². The van der Waals surface area contributed by atoms with Crippen LogP contribution in [0.2, 0.25) is 0 Å². The summed E-state index contributed by atoms with van der Waals surface area (Å²) in [6.45, 7) is 1.82. The number of halogens is 2.